The van der Waals surface area contributed by atoms with Gasteiger partial charge in [-0.3, -0.25) is 0 Å². The van der Waals surface area contributed by atoms with Crippen molar-refractivity contribution >= 4 is 5.57 Å². The number of nitrogens with two attached hydrogens (primary N) is 1. The lowest BCUT2D eigenvalue weighted by Gasteiger charge is -2.16. The zero-order chi connectivity index (χ0) is 9.47. The topological polar surface area (TPSA) is 26.0 Å². The number of allylic oxidation sites excluding steroid dienone is 1. The summed E-state index contributed by atoms with van der Waals surface area (Å²) in [5.41, 5.74) is 9.87. The number of fused-ring (bicyclic) bond motifs is 1. The number of benzene rings is 1. The summed E-state index contributed by atoms with van der Waals surface area (Å²) < 4.78 is 0. The van der Waals surface area contributed by atoms with Crippen LogP contribution in [-0.4, -0.2) is 6.54 Å². The van der Waals surface area contributed by atoms with Gasteiger partial charge in [0.2, 0.25) is 0 Å². The average molecular weight is 173 g/mol. The van der Waals surface area contributed by atoms with E-state index in [-0.39, 0.29) is 5.41 Å². The maximum absolute atomic E-state index is 5.70. The molecule has 0 unspecified atom stereocenters. The van der Waals surface area contributed by atoms with Crippen molar-refractivity contribution < 1.29 is 0 Å². The highest BCUT2D eigenvalue weighted by Gasteiger charge is 2.28. The van der Waals surface area contributed by atoms with E-state index in [0.717, 1.165) is 0 Å². The Bertz CT molecular complexity index is 361. The first-order valence-electron chi connectivity index (χ1n) is 4.67. The molecular weight excluding hydrogens is 158 g/mol. The molecule has 0 heterocycles. The fourth-order valence-corrected chi connectivity index (χ4v) is 2.08. The Labute approximate surface area is 79.3 Å². The summed E-state index contributed by atoms with van der Waals surface area (Å²) in [6.07, 6.45) is 2.28. The zero-order valence-corrected chi connectivity index (χ0v) is 8.17. The molecule has 2 rings (SSSR count). The van der Waals surface area contributed by atoms with E-state index in [1.807, 2.05) is 0 Å². The molecule has 0 bridgehead atoms. The van der Waals surface area contributed by atoms with Gasteiger partial charge in [-0.25, -0.2) is 0 Å². The summed E-state index contributed by atoms with van der Waals surface area (Å²) in [6.45, 7) is 5.10. The summed E-state index contributed by atoms with van der Waals surface area (Å²) >= 11 is 0. The minimum absolute atomic E-state index is 0.158. The molecule has 1 heteroatoms. The fraction of sp³-hybridized carbons (Fsp3) is 0.333. The van der Waals surface area contributed by atoms with Gasteiger partial charge in [0.15, 0.2) is 0 Å². The van der Waals surface area contributed by atoms with E-state index in [1.54, 1.807) is 0 Å². The number of rotatable bonds is 1. The van der Waals surface area contributed by atoms with Gasteiger partial charge in [-0.15, -0.1) is 0 Å². The van der Waals surface area contributed by atoms with Crippen molar-refractivity contribution in [1.29, 1.82) is 0 Å². The zero-order valence-electron chi connectivity index (χ0n) is 8.17. The third kappa shape index (κ3) is 1.20. The van der Waals surface area contributed by atoms with Crippen molar-refractivity contribution in [2.24, 2.45) is 5.73 Å². The molecule has 0 saturated heterocycles. The molecule has 0 aliphatic heterocycles. The van der Waals surface area contributed by atoms with Crippen LogP contribution >= 0.6 is 0 Å². The quantitative estimate of drug-likeness (QED) is 0.693. The second kappa shape index (κ2) is 2.71. The summed E-state index contributed by atoms with van der Waals surface area (Å²) in [5.74, 6) is 0. The minimum atomic E-state index is 0.158. The SMILES string of the molecule is CC1(C)C=C(CN)c2ccccc21. The predicted octanol–water partition coefficient (Wildman–Crippen LogP) is 2.32. The summed E-state index contributed by atoms with van der Waals surface area (Å²) in [6, 6.07) is 8.51. The number of hydrogen-bond donors (Lipinski definition) is 1. The van der Waals surface area contributed by atoms with E-state index < -0.39 is 0 Å². The van der Waals surface area contributed by atoms with Gasteiger partial charge in [0, 0.05) is 12.0 Å². The Morgan fingerprint density at radius 2 is 1.92 bits per heavy atom. The molecular formula is C12H15N. The van der Waals surface area contributed by atoms with Gasteiger partial charge in [-0.05, 0) is 16.7 Å². The Morgan fingerprint density at radius 1 is 1.23 bits per heavy atom. The highest BCUT2D eigenvalue weighted by atomic mass is 14.5. The van der Waals surface area contributed by atoms with Crippen molar-refractivity contribution in [3.8, 4) is 0 Å². The molecule has 1 nitrogen and oxygen atoms in total. The first kappa shape index (κ1) is 8.52. The van der Waals surface area contributed by atoms with Crippen LogP contribution in [0.1, 0.15) is 25.0 Å². The van der Waals surface area contributed by atoms with Gasteiger partial charge in [-0.1, -0.05) is 44.2 Å². The third-order valence-electron chi connectivity index (χ3n) is 2.72. The molecule has 2 N–H and O–H groups in total. The van der Waals surface area contributed by atoms with Gasteiger partial charge in [0.05, 0.1) is 0 Å². The molecule has 1 aliphatic carbocycles. The second-order valence-electron chi connectivity index (χ2n) is 4.14. The van der Waals surface area contributed by atoms with Gasteiger partial charge >= 0.3 is 0 Å². The molecule has 0 aromatic heterocycles. The Balaban J connectivity index is 2.61. The van der Waals surface area contributed by atoms with Crippen LogP contribution in [0.25, 0.3) is 5.57 Å². The Hall–Kier alpha value is -1.08. The van der Waals surface area contributed by atoms with E-state index in [9.17, 15) is 0 Å². The van der Waals surface area contributed by atoms with Gasteiger partial charge < -0.3 is 5.73 Å². The van der Waals surface area contributed by atoms with Crippen LogP contribution in [-0.2, 0) is 5.41 Å². The van der Waals surface area contributed by atoms with Crippen molar-refractivity contribution in [2.45, 2.75) is 19.3 Å². The van der Waals surface area contributed by atoms with Crippen LogP contribution in [0.4, 0.5) is 0 Å². The number of hydrogen-bond acceptors (Lipinski definition) is 1. The third-order valence-corrected chi connectivity index (χ3v) is 2.72. The minimum Gasteiger partial charge on any atom is -0.326 e. The molecule has 0 radical (unpaired) electrons. The van der Waals surface area contributed by atoms with E-state index in [4.69, 9.17) is 5.73 Å². The maximum atomic E-state index is 5.70. The lowest BCUT2D eigenvalue weighted by atomic mass is 9.87. The van der Waals surface area contributed by atoms with E-state index in [1.165, 1.54) is 16.7 Å². The first-order valence-corrected chi connectivity index (χ1v) is 4.67. The second-order valence-corrected chi connectivity index (χ2v) is 4.14. The van der Waals surface area contributed by atoms with Crippen LogP contribution in [0.2, 0.25) is 0 Å². The van der Waals surface area contributed by atoms with Crippen LogP contribution in [0.15, 0.2) is 30.3 Å². The van der Waals surface area contributed by atoms with Crippen LogP contribution in [0.3, 0.4) is 0 Å². The normalized spacial score (nSPS) is 18.2. The van der Waals surface area contributed by atoms with Crippen LogP contribution in [0.5, 0.6) is 0 Å². The smallest absolute Gasteiger partial charge is 0.0181 e. The Morgan fingerprint density at radius 3 is 2.62 bits per heavy atom. The van der Waals surface area contributed by atoms with Crippen molar-refractivity contribution in [3.63, 3.8) is 0 Å². The highest BCUT2D eigenvalue weighted by Crippen LogP contribution is 2.39. The maximum Gasteiger partial charge on any atom is 0.0181 e. The molecule has 0 atom stereocenters. The van der Waals surface area contributed by atoms with Crippen LogP contribution in [0, 0.1) is 0 Å². The lowest BCUT2D eigenvalue weighted by Crippen LogP contribution is -2.10. The molecule has 1 aliphatic rings. The Kier molecular flexibility index (Phi) is 1.77. The molecule has 68 valence electrons. The van der Waals surface area contributed by atoms with Gasteiger partial charge in [0.1, 0.15) is 0 Å². The summed E-state index contributed by atoms with van der Waals surface area (Å²) in [7, 11) is 0. The standard InChI is InChI=1S/C12H15N/c1-12(2)7-9(8-13)10-5-3-4-6-11(10)12/h3-7H,8,13H2,1-2H3. The molecule has 0 amide bonds. The van der Waals surface area contributed by atoms with E-state index in [2.05, 4.69) is 44.2 Å². The van der Waals surface area contributed by atoms with Crippen LogP contribution < -0.4 is 5.73 Å². The predicted molar refractivity (Wildman–Crippen MR) is 56.5 cm³/mol. The molecule has 0 saturated carbocycles. The summed E-state index contributed by atoms with van der Waals surface area (Å²) in [5, 5.41) is 0. The molecule has 13 heavy (non-hydrogen) atoms. The largest absolute Gasteiger partial charge is 0.326 e. The summed E-state index contributed by atoms with van der Waals surface area (Å²) in [4.78, 5) is 0. The van der Waals surface area contributed by atoms with Crippen molar-refractivity contribution in [2.75, 3.05) is 6.54 Å². The fourth-order valence-electron chi connectivity index (χ4n) is 2.08. The monoisotopic (exact) mass is 173 g/mol. The highest BCUT2D eigenvalue weighted by molar-refractivity contribution is 5.77. The van der Waals surface area contributed by atoms with E-state index >= 15 is 0 Å². The van der Waals surface area contributed by atoms with Gasteiger partial charge in [-0.2, -0.15) is 0 Å². The molecule has 0 spiro atoms. The van der Waals surface area contributed by atoms with Gasteiger partial charge in [0.25, 0.3) is 0 Å². The van der Waals surface area contributed by atoms with E-state index in [0.29, 0.717) is 6.54 Å². The first-order chi connectivity index (χ1) is 6.15. The lowest BCUT2D eigenvalue weighted by molar-refractivity contribution is 0.683. The molecule has 1 aromatic rings. The molecule has 0 fully saturated rings. The van der Waals surface area contributed by atoms with Crippen molar-refractivity contribution in [1.82, 2.24) is 0 Å². The average Bonchev–Trinajstić information content (AvgIpc) is 2.39. The molecule has 1 aromatic carbocycles. The van der Waals surface area contributed by atoms with Crippen molar-refractivity contribution in [3.05, 3.63) is 41.5 Å².